The minimum Gasteiger partial charge on any atom is -0.478 e. The smallest absolute Gasteiger partial charge is 0.215 e. The molecule has 0 unspecified atom stereocenters. The molecule has 2 aromatic rings. The van der Waals surface area contributed by atoms with Crippen LogP contribution in [0.25, 0.3) is 0 Å². The Morgan fingerprint density at radius 2 is 1.90 bits per heavy atom. The van der Waals surface area contributed by atoms with E-state index in [0.29, 0.717) is 19.0 Å². The lowest BCUT2D eigenvalue weighted by Gasteiger charge is -2.24. The monoisotopic (exact) mass is 285 g/mol. The predicted molar refractivity (Wildman–Crippen MR) is 87.3 cm³/mol. The van der Waals surface area contributed by atoms with E-state index in [-0.39, 0.29) is 0 Å². The summed E-state index contributed by atoms with van der Waals surface area (Å²) in [4.78, 5) is 6.75. The van der Waals surface area contributed by atoms with E-state index < -0.39 is 0 Å². The zero-order valence-corrected chi connectivity index (χ0v) is 12.7. The van der Waals surface area contributed by atoms with E-state index >= 15 is 0 Å². The highest BCUT2D eigenvalue weighted by Crippen LogP contribution is 2.25. The Bertz CT molecular complexity index is 554. The summed E-state index contributed by atoms with van der Waals surface area (Å²) in [6, 6.07) is 14.3. The maximum atomic E-state index is 5.66. The van der Waals surface area contributed by atoms with Gasteiger partial charge >= 0.3 is 0 Å². The van der Waals surface area contributed by atoms with Crippen LogP contribution in [0.1, 0.15) is 18.9 Å². The third-order valence-electron chi connectivity index (χ3n) is 3.21. The molecule has 0 amide bonds. The molecule has 0 radical (unpaired) electrons. The summed E-state index contributed by atoms with van der Waals surface area (Å²) in [7, 11) is 0. The Kier molecular flexibility index (Phi) is 5.58. The van der Waals surface area contributed by atoms with E-state index in [1.54, 1.807) is 0 Å². The number of aryl methyl sites for hydroxylation is 1. The Morgan fingerprint density at radius 3 is 2.57 bits per heavy atom. The third kappa shape index (κ3) is 4.20. The number of benzene rings is 1. The molecule has 1 aromatic carbocycles. The van der Waals surface area contributed by atoms with Crippen molar-refractivity contribution >= 4 is 11.5 Å². The summed E-state index contributed by atoms with van der Waals surface area (Å²) in [6.45, 7) is 6.15. The number of aromatic nitrogens is 1. The fourth-order valence-electron chi connectivity index (χ4n) is 2.13. The maximum absolute atomic E-state index is 5.66. The van der Waals surface area contributed by atoms with Crippen molar-refractivity contribution < 1.29 is 4.74 Å². The molecular formula is C17H23N3O. The minimum atomic E-state index is 0.615. The first-order chi connectivity index (χ1) is 10.2. The molecule has 0 aliphatic heterocycles. The molecule has 0 fully saturated rings. The Labute approximate surface area is 126 Å². The summed E-state index contributed by atoms with van der Waals surface area (Å²) in [5, 5.41) is 0. The molecule has 4 heteroatoms. The van der Waals surface area contributed by atoms with Gasteiger partial charge in [-0.25, -0.2) is 0 Å². The van der Waals surface area contributed by atoms with Crippen LogP contribution in [0.4, 0.5) is 11.5 Å². The lowest BCUT2D eigenvalue weighted by atomic mass is 10.2. The molecule has 1 aromatic heterocycles. The van der Waals surface area contributed by atoms with Crippen molar-refractivity contribution in [3.63, 3.8) is 0 Å². The van der Waals surface area contributed by atoms with Crippen LogP contribution in [0.3, 0.4) is 0 Å². The van der Waals surface area contributed by atoms with Crippen molar-refractivity contribution in [1.29, 1.82) is 0 Å². The van der Waals surface area contributed by atoms with Gasteiger partial charge in [0.05, 0.1) is 6.61 Å². The van der Waals surface area contributed by atoms with Gasteiger partial charge in [0.25, 0.3) is 0 Å². The number of nitrogens with zero attached hydrogens (tertiary/aromatic N) is 2. The average Bonchev–Trinajstić information content (AvgIpc) is 2.50. The molecule has 2 rings (SSSR count). The largest absolute Gasteiger partial charge is 0.478 e. The van der Waals surface area contributed by atoms with Crippen LogP contribution in [-0.4, -0.2) is 24.7 Å². The SMILES string of the molecule is CCOc1cccc(N(CCCN)c2ccc(C)cc2)n1. The quantitative estimate of drug-likeness (QED) is 0.848. The number of hydrogen-bond acceptors (Lipinski definition) is 4. The van der Waals surface area contributed by atoms with Gasteiger partial charge < -0.3 is 15.4 Å². The molecule has 0 saturated heterocycles. The Morgan fingerprint density at radius 1 is 1.14 bits per heavy atom. The van der Waals surface area contributed by atoms with E-state index in [1.807, 2.05) is 25.1 Å². The highest BCUT2D eigenvalue weighted by Gasteiger charge is 2.11. The molecule has 0 bridgehead atoms. The molecule has 112 valence electrons. The van der Waals surface area contributed by atoms with E-state index in [1.165, 1.54) is 5.56 Å². The second kappa shape index (κ2) is 7.64. The van der Waals surface area contributed by atoms with Crippen molar-refractivity contribution in [1.82, 2.24) is 4.98 Å². The molecule has 0 atom stereocenters. The molecule has 1 heterocycles. The molecule has 0 aliphatic rings. The van der Waals surface area contributed by atoms with Crippen molar-refractivity contribution in [3.8, 4) is 5.88 Å². The summed E-state index contributed by atoms with van der Waals surface area (Å²) >= 11 is 0. The van der Waals surface area contributed by atoms with Gasteiger partial charge in [-0.3, -0.25) is 0 Å². The normalized spacial score (nSPS) is 10.4. The van der Waals surface area contributed by atoms with Gasteiger partial charge in [-0.15, -0.1) is 0 Å². The fraction of sp³-hybridized carbons (Fsp3) is 0.353. The number of ether oxygens (including phenoxy) is 1. The molecule has 0 saturated carbocycles. The standard InChI is InChI=1S/C17H23N3O/c1-3-21-17-7-4-6-16(19-17)20(13-5-12-18)15-10-8-14(2)9-11-15/h4,6-11H,3,5,12-13,18H2,1-2H3. The zero-order valence-electron chi connectivity index (χ0n) is 12.7. The van der Waals surface area contributed by atoms with Gasteiger partial charge in [-0.1, -0.05) is 23.8 Å². The lowest BCUT2D eigenvalue weighted by Crippen LogP contribution is -2.22. The first-order valence-electron chi connectivity index (χ1n) is 7.38. The van der Waals surface area contributed by atoms with Crippen LogP contribution in [0.2, 0.25) is 0 Å². The average molecular weight is 285 g/mol. The third-order valence-corrected chi connectivity index (χ3v) is 3.21. The fourth-order valence-corrected chi connectivity index (χ4v) is 2.13. The van der Waals surface area contributed by atoms with Crippen molar-refractivity contribution in [2.24, 2.45) is 5.73 Å². The first kappa shape index (κ1) is 15.3. The predicted octanol–water partition coefficient (Wildman–Crippen LogP) is 3.28. The van der Waals surface area contributed by atoms with Crippen molar-refractivity contribution in [2.75, 3.05) is 24.6 Å². The van der Waals surface area contributed by atoms with Crippen LogP contribution in [0, 0.1) is 6.92 Å². The van der Waals surface area contributed by atoms with E-state index in [4.69, 9.17) is 10.5 Å². The minimum absolute atomic E-state index is 0.615. The summed E-state index contributed by atoms with van der Waals surface area (Å²) < 4.78 is 5.49. The molecule has 2 N–H and O–H groups in total. The van der Waals surface area contributed by atoms with Crippen LogP contribution >= 0.6 is 0 Å². The highest BCUT2D eigenvalue weighted by molar-refractivity contribution is 5.60. The molecular weight excluding hydrogens is 262 g/mol. The summed E-state index contributed by atoms with van der Waals surface area (Å²) in [5.41, 5.74) is 8.03. The number of pyridine rings is 1. The molecule has 0 spiro atoms. The van der Waals surface area contributed by atoms with Gasteiger partial charge in [0, 0.05) is 18.3 Å². The second-order valence-corrected chi connectivity index (χ2v) is 4.90. The van der Waals surface area contributed by atoms with Gasteiger partial charge in [0.15, 0.2) is 0 Å². The maximum Gasteiger partial charge on any atom is 0.215 e. The van der Waals surface area contributed by atoms with Gasteiger partial charge in [-0.05, 0) is 45.0 Å². The van der Waals surface area contributed by atoms with Crippen LogP contribution in [0.5, 0.6) is 5.88 Å². The van der Waals surface area contributed by atoms with Gasteiger partial charge in [-0.2, -0.15) is 4.98 Å². The molecule has 0 aliphatic carbocycles. The van der Waals surface area contributed by atoms with E-state index in [2.05, 4.69) is 41.1 Å². The highest BCUT2D eigenvalue weighted by atomic mass is 16.5. The van der Waals surface area contributed by atoms with Crippen LogP contribution < -0.4 is 15.4 Å². The number of nitrogens with two attached hydrogens (primary N) is 1. The zero-order chi connectivity index (χ0) is 15.1. The number of hydrogen-bond donors (Lipinski definition) is 1. The Balaban J connectivity index is 2.30. The van der Waals surface area contributed by atoms with Crippen molar-refractivity contribution in [2.45, 2.75) is 20.3 Å². The topological polar surface area (TPSA) is 51.4 Å². The summed E-state index contributed by atoms with van der Waals surface area (Å²) in [5.74, 6) is 1.54. The van der Waals surface area contributed by atoms with Gasteiger partial charge in [0.2, 0.25) is 5.88 Å². The van der Waals surface area contributed by atoms with Crippen LogP contribution in [0.15, 0.2) is 42.5 Å². The molecule has 4 nitrogen and oxygen atoms in total. The first-order valence-corrected chi connectivity index (χ1v) is 7.38. The second-order valence-electron chi connectivity index (χ2n) is 4.90. The van der Waals surface area contributed by atoms with Crippen molar-refractivity contribution in [3.05, 3.63) is 48.0 Å². The Hall–Kier alpha value is -2.07. The number of rotatable bonds is 7. The number of anilines is 2. The van der Waals surface area contributed by atoms with E-state index in [9.17, 15) is 0 Å². The van der Waals surface area contributed by atoms with E-state index in [0.717, 1.165) is 24.5 Å². The molecule has 21 heavy (non-hydrogen) atoms. The van der Waals surface area contributed by atoms with Gasteiger partial charge in [0.1, 0.15) is 5.82 Å². The lowest BCUT2D eigenvalue weighted by molar-refractivity contribution is 0.327. The summed E-state index contributed by atoms with van der Waals surface area (Å²) in [6.07, 6.45) is 0.911. The van der Waals surface area contributed by atoms with Crippen LogP contribution in [-0.2, 0) is 0 Å².